The summed E-state index contributed by atoms with van der Waals surface area (Å²) in [6.07, 6.45) is 12.6. The van der Waals surface area contributed by atoms with Gasteiger partial charge in [-0.1, -0.05) is 32.6 Å². The molecule has 3 rings (SSSR count). The van der Waals surface area contributed by atoms with Crippen molar-refractivity contribution in [3.05, 3.63) is 0 Å². The second-order valence-electron chi connectivity index (χ2n) is 7.59. The van der Waals surface area contributed by atoms with Gasteiger partial charge in [-0.05, 0) is 56.9 Å². The highest BCUT2D eigenvalue weighted by Gasteiger charge is 2.43. The molecule has 0 aromatic heterocycles. The van der Waals surface area contributed by atoms with Gasteiger partial charge in [-0.25, -0.2) is 0 Å². The number of nitrogens with zero attached hydrogens (tertiary/aromatic N) is 1. The second-order valence-corrected chi connectivity index (χ2v) is 7.59. The molecule has 5 unspecified atom stereocenters. The lowest BCUT2D eigenvalue weighted by Gasteiger charge is -2.45. The molecule has 20 heavy (non-hydrogen) atoms. The minimum Gasteiger partial charge on any atom is -0.300 e. The highest BCUT2D eigenvalue weighted by molar-refractivity contribution is 4.98. The fourth-order valence-electron chi connectivity index (χ4n) is 5.57. The molecule has 116 valence electrons. The second kappa shape index (κ2) is 6.33. The Bertz CT molecular complexity index is 305. The first kappa shape index (κ1) is 14.8. The van der Waals surface area contributed by atoms with Crippen LogP contribution in [0.4, 0.5) is 0 Å². The van der Waals surface area contributed by atoms with Crippen molar-refractivity contribution in [3.8, 4) is 0 Å². The van der Waals surface area contributed by atoms with Crippen molar-refractivity contribution >= 4 is 0 Å². The van der Waals surface area contributed by atoms with Crippen molar-refractivity contribution in [2.24, 2.45) is 23.6 Å². The minimum absolute atomic E-state index is 0.567. The minimum atomic E-state index is 0.567. The monoisotopic (exact) mass is 279 g/mol. The number of rotatable bonds is 4. The molecule has 0 aromatic rings. The number of piperidine rings is 1. The molecule has 1 saturated carbocycles. The molecule has 2 aliphatic heterocycles. The molecule has 2 saturated heterocycles. The normalized spacial score (nSPS) is 43.6. The van der Waals surface area contributed by atoms with Crippen LogP contribution in [0.2, 0.25) is 0 Å². The van der Waals surface area contributed by atoms with E-state index in [1.165, 1.54) is 57.8 Å². The maximum atomic E-state index is 6.03. The van der Waals surface area contributed by atoms with Crippen LogP contribution in [0.15, 0.2) is 0 Å². The van der Waals surface area contributed by atoms with E-state index in [0.717, 1.165) is 29.8 Å². The molecule has 3 N–H and O–H groups in total. The van der Waals surface area contributed by atoms with Crippen molar-refractivity contribution < 1.29 is 0 Å². The Hall–Kier alpha value is -0.120. The lowest BCUT2D eigenvalue weighted by molar-refractivity contribution is 0.0669. The molecule has 1 aliphatic carbocycles. The SMILES string of the molecule is CCC1CCCCC1C(NN)C1CC2CCC(C1)N2C. The van der Waals surface area contributed by atoms with E-state index in [9.17, 15) is 0 Å². The van der Waals surface area contributed by atoms with Gasteiger partial charge in [0.1, 0.15) is 0 Å². The lowest BCUT2D eigenvalue weighted by Crippen LogP contribution is -2.53. The summed E-state index contributed by atoms with van der Waals surface area (Å²) in [6.45, 7) is 2.37. The van der Waals surface area contributed by atoms with Crippen LogP contribution in [-0.2, 0) is 0 Å². The van der Waals surface area contributed by atoms with Crippen LogP contribution in [0.1, 0.15) is 64.7 Å². The zero-order chi connectivity index (χ0) is 14.1. The third-order valence-corrected chi connectivity index (χ3v) is 6.79. The Labute approximate surface area is 124 Å². The van der Waals surface area contributed by atoms with Gasteiger partial charge >= 0.3 is 0 Å². The summed E-state index contributed by atoms with van der Waals surface area (Å²) in [5, 5.41) is 0. The molecule has 0 amide bonds. The molecule has 0 spiro atoms. The molecule has 2 bridgehead atoms. The molecule has 3 aliphatic rings. The Kier molecular flexibility index (Phi) is 4.68. The molecule has 3 heteroatoms. The summed E-state index contributed by atoms with van der Waals surface area (Å²) >= 11 is 0. The standard InChI is InChI=1S/C17H33N3/c1-3-12-6-4-5-7-16(12)17(19-18)13-10-14-8-9-15(11-13)20(14)2/h12-17,19H,3-11,18H2,1-2H3. The topological polar surface area (TPSA) is 41.3 Å². The zero-order valence-corrected chi connectivity index (χ0v) is 13.4. The molecule has 0 aromatic carbocycles. The number of hydrogen-bond acceptors (Lipinski definition) is 3. The van der Waals surface area contributed by atoms with E-state index in [1.807, 2.05) is 0 Å². The van der Waals surface area contributed by atoms with Crippen LogP contribution in [-0.4, -0.2) is 30.1 Å². The molecular formula is C17H33N3. The van der Waals surface area contributed by atoms with Crippen LogP contribution < -0.4 is 11.3 Å². The van der Waals surface area contributed by atoms with E-state index < -0.39 is 0 Å². The van der Waals surface area contributed by atoms with Gasteiger partial charge < -0.3 is 4.90 Å². The van der Waals surface area contributed by atoms with Gasteiger partial charge in [0.2, 0.25) is 0 Å². The molecule has 3 nitrogen and oxygen atoms in total. The van der Waals surface area contributed by atoms with E-state index >= 15 is 0 Å². The van der Waals surface area contributed by atoms with Crippen molar-refractivity contribution in [3.63, 3.8) is 0 Å². The maximum Gasteiger partial charge on any atom is 0.0270 e. The molecular weight excluding hydrogens is 246 g/mol. The Balaban J connectivity index is 1.70. The van der Waals surface area contributed by atoms with E-state index in [2.05, 4.69) is 24.3 Å². The first-order valence-corrected chi connectivity index (χ1v) is 8.92. The van der Waals surface area contributed by atoms with Crippen molar-refractivity contribution in [1.29, 1.82) is 0 Å². The van der Waals surface area contributed by atoms with Crippen LogP contribution in [0.25, 0.3) is 0 Å². The third kappa shape index (κ3) is 2.65. The largest absolute Gasteiger partial charge is 0.300 e. The Morgan fingerprint density at radius 1 is 1.10 bits per heavy atom. The van der Waals surface area contributed by atoms with Gasteiger partial charge in [0.25, 0.3) is 0 Å². The van der Waals surface area contributed by atoms with Gasteiger partial charge in [0.05, 0.1) is 0 Å². The van der Waals surface area contributed by atoms with Crippen LogP contribution in [0.3, 0.4) is 0 Å². The van der Waals surface area contributed by atoms with Crippen molar-refractivity contribution in [2.75, 3.05) is 7.05 Å². The van der Waals surface area contributed by atoms with E-state index in [1.54, 1.807) is 0 Å². The predicted octanol–water partition coefficient (Wildman–Crippen LogP) is 2.91. The third-order valence-electron chi connectivity index (χ3n) is 6.79. The van der Waals surface area contributed by atoms with Gasteiger partial charge in [0, 0.05) is 18.1 Å². The van der Waals surface area contributed by atoms with Gasteiger partial charge in [-0.3, -0.25) is 11.3 Å². The van der Waals surface area contributed by atoms with Gasteiger partial charge in [-0.2, -0.15) is 0 Å². The van der Waals surface area contributed by atoms with Gasteiger partial charge in [-0.15, -0.1) is 0 Å². The number of nitrogens with one attached hydrogen (secondary N) is 1. The summed E-state index contributed by atoms with van der Waals surface area (Å²) in [7, 11) is 2.33. The van der Waals surface area contributed by atoms with Gasteiger partial charge in [0.15, 0.2) is 0 Å². The maximum absolute atomic E-state index is 6.03. The Morgan fingerprint density at radius 3 is 2.35 bits per heavy atom. The van der Waals surface area contributed by atoms with Crippen molar-refractivity contribution in [2.45, 2.75) is 82.8 Å². The number of fused-ring (bicyclic) bond motifs is 2. The summed E-state index contributed by atoms with van der Waals surface area (Å²) < 4.78 is 0. The smallest absolute Gasteiger partial charge is 0.0270 e. The summed E-state index contributed by atoms with van der Waals surface area (Å²) in [5.74, 6) is 8.57. The number of hydrogen-bond donors (Lipinski definition) is 2. The predicted molar refractivity (Wildman–Crippen MR) is 84.1 cm³/mol. The molecule has 0 radical (unpaired) electrons. The highest BCUT2D eigenvalue weighted by atomic mass is 15.2. The summed E-state index contributed by atoms with van der Waals surface area (Å²) in [4.78, 5) is 2.64. The fourth-order valence-corrected chi connectivity index (χ4v) is 5.57. The average molecular weight is 279 g/mol. The van der Waals surface area contributed by atoms with Crippen LogP contribution >= 0.6 is 0 Å². The molecule has 5 atom stereocenters. The van der Waals surface area contributed by atoms with E-state index in [-0.39, 0.29) is 0 Å². The van der Waals surface area contributed by atoms with Crippen molar-refractivity contribution in [1.82, 2.24) is 10.3 Å². The summed E-state index contributed by atoms with van der Waals surface area (Å²) in [6, 6.07) is 2.23. The van der Waals surface area contributed by atoms with Crippen LogP contribution in [0.5, 0.6) is 0 Å². The molecule has 2 heterocycles. The first-order chi connectivity index (χ1) is 9.74. The highest BCUT2D eigenvalue weighted by Crippen LogP contribution is 2.43. The Morgan fingerprint density at radius 2 is 1.75 bits per heavy atom. The quantitative estimate of drug-likeness (QED) is 0.614. The van der Waals surface area contributed by atoms with E-state index in [0.29, 0.717) is 6.04 Å². The zero-order valence-electron chi connectivity index (χ0n) is 13.4. The first-order valence-electron chi connectivity index (χ1n) is 8.92. The number of nitrogens with two attached hydrogens (primary N) is 1. The summed E-state index contributed by atoms with van der Waals surface area (Å²) in [5.41, 5.74) is 3.27. The molecule has 3 fully saturated rings. The average Bonchev–Trinajstić information content (AvgIpc) is 2.70. The van der Waals surface area contributed by atoms with E-state index in [4.69, 9.17) is 5.84 Å². The fraction of sp³-hybridized carbons (Fsp3) is 1.00. The number of hydrazine groups is 1. The lowest BCUT2D eigenvalue weighted by atomic mass is 9.68. The van der Waals surface area contributed by atoms with Crippen LogP contribution in [0, 0.1) is 17.8 Å².